The molecule has 3 fully saturated rings. The zero-order chi connectivity index (χ0) is 33.7. The third-order valence-corrected chi connectivity index (χ3v) is 15.5. The topological polar surface area (TPSA) is 82.3 Å². The highest BCUT2D eigenvalue weighted by molar-refractivity contribution is 6.32. The van der Waals surface area contributed by atoms with Crippen molar-refractivity contribution in [2.45, 2.75) is 112 Å². The maximum Gasteiger partial charge on any atom is 0.313 e. The molecule has 2 aromatic rings. The van der Waals surface area contributed by atoms with Gasteiger partial charge in [0.1, 0.15) is 11.8 Å². The van der Waals surface area contributed by atoms with Gasteiger partial charge in [0.05, 0.1) is 16.7 Å². The monoisotopic (exact) mass is 656 g/mol. The van der Waals surface area contributed by atoms with Gasteiger partial charge in [-0.15, -0.1) is 0 Å². The molecule has 47 heavy (non-hydrogen) atoms. The van der Waals surface area contributed by atoms with Crippen molar-refractivity contribution in [3.05, 3.63) is 75.6 Å². The summed E-state index contributed by atoms with van der Waals surface area (Å²) in [7, 11) is 0. The number of amides is 1. The van der Waals surface area contributed by atoms with Crippen molar-refractivity contribution >= 4 is 23.5 Å². The van der Waals surface area contributed by atoms with Crippen LogP contribution in [0.25, 0.3) is 0 Å². The van der Waals surface area contributed by atoms with E-state index < -0.39 is 11.3 Å². The predicted octanol–water partition coefficient (Wildman–Crippen LogP) is 9.25. The molecule has 0 bridgehead atoms. The average molecular weight is 657 g/mol. The van der Waals surface area contributed by atoms with Crippen LogP contribution in [0.1, 0.15) is 121 Å². The van der Waals surface area contributed by atoms with E-state index in [1.54, 1.807) is 5.57 Å². The lowest BCUT2D eigenvalue weighted by Gasteiger charge is -2.71. The summed E-state index contributed by atoms with van der Waals surface area (Å²) >= 11 is 6.53. The highest BCUT2D eigenvalue weighted by Crippen LogP contribution is 2.75. The number of aromatic nitrogens is 1. The van der Waals surface area contributed by atoms with Crippen LogP contribution in [-0.4, -0.2) is 16.9 Å². The minimum absolute atomic E-state index is 0.00753. The van der Waals surface area contributed by atoms with Crippen molar-refractivity contribution in [3.63, 3.8) is 0 Å². The molecule has 5 aliphatic rings. The normalized spacial score (nSPS) is 40.0. The smallest absolute Gasteiger partial charge is 0.313 e. The van der Waals surface area contributed by atoms with E-state index in [1.807, 2.05) is 36.4 Å². The second kappa shape index (κ2) is 10.9. The SMILES string of the molecule is C[C@H]1[C@H](C)CC[C@]2(C(=O)OCc3ccccc3)CC[C@]3(C)C(=CC[C@@H]4[C@@]5(C)Cc6cc(C(N)=O)c(Cl)nc6C(C)(C)[C@@H]5CC[C@]43C)[C@H]12. The van der Waals surface area contributed by atoms with Crippen molar-refractivity contribution in [3.8, 4) is 0 Å². The van der Waals surface area contributed by atoms with E-state index in [9.17, 15) is 9.59 Å². The molecular formula is C41H53ClN2O3. The Labute approximate surface area is 286 Å². The molecule has 9 atom stereocenters. The third kappa shape index (κ3) is 4.50. The van der Waals surface area contributed by atoms with Gasteiger partial charge >= 0.3 is 5.97 Å². The standard InChI is InChI=1S/C41H53ClN2O3/c1-24-15-18-41(36(46)47-23-26-11-9-8-10-12-26)20-19-39(6)29(32(41)25(24)2)13-14-31-38(5)22-27-21-28(35(43)45)34(42)44-33(27)37(3,4)30(38)16-17-40(31,39)7/h8-13,21,24-25,30-32H,14-20,22-23H2,1-7H3,(H2,43,45)/t24-,25+,30+,31-,32+,38+,39-,40-,41+/m1/s1. The lowest BCUT2D eigenvalue weighted by Crippen LogP contribution is -2.65. The Kier molecular flexibility index (Phi) is 7.64. The van der Waals surface area contributed by atoms with Crippen molar-refractivity contribution in [2.75, 3.05) is 0 Å². The van der Waals surface area contributed by atoms with Crippen LogP contribution in [0.2, 0.25) is 5.15 Å². The first kappa shape index (κ1) is 32.9. The summed E-state index contributed by atoms with van der Waals surface area (Å²) in [6, 6.07) is 12.0. The van der Waals surface area contributed by atoms with E-state index in [-0.39, 0.29) is 38.7 Å². The second-order valence-electron chi connectivity index (χ2n) is 17.5. The summed E-state index contributed by atoms with van der Waals surface area (Å²) < 4.78 is 6.22. The zero-order valence-electron chi connectivity index (χ0n) is 29.4. The Morgan fingerprint density at radius 3 is 2.40 bits per heavy atom. The number of hydrogen-bond donors (Lipinski definition) is 1. The first-order valence-corrected chi connectivity index (χ1v) is 18.4. The van der Waals surface area contributed by atoms with Crippen LogP contribution >= 0.6 is 11.6 Å². The first-order valence-electron chi connectivity index (χ1n) is 18.0. The van der Waals surface area contributed by atoms with E-state index in [0.717, 1.165) is 68.2 Å². The molecule has 0 radical (unpaired) electrons. The van der Waals surface area contributed by atoms with Crippen molar-refractivity contribution in [1.82, 2.24) is 4.98 Å². The Morgan fingerprint density at radius 1 is 0.979 bits per heavy atom. The number of benzene rings is 1. The van der Waals surface area contributed by atoms with E-state index >= 15 is 0 Å². The quantitative estimate of drug-likeness (QED) is 0.202. The third-order valence-electron chi connectivity index (χ3n) is 15.2. The van der Waals surface area contributed by atoms with E-state index in [1.165, 1.54) is 0 Å². The number of nitrogens with two attached hydrogens (primary N) is 1. The fourth-order valence-electron chi connectivity index (χ4n) is 12.5. The van der Waals surface area contributed by atoms with Gasteiger partial charge in [0.2, 0.25) is 0 Å². The molecule has 5 aliphatic carbocycles. The molecule has 1 amide bonds. The molecule has 3 saturated carbocycles. The average Bonchev–Trinajstić information content (AvgIpc) is 3.02. The molecule has 0 spiro atoms. The summed E-state index contributed by atoms with van der Waals surface area (Å²) in [5.41, 5.74) is 10.2. The summed E-state index contributed by atoms with van der Waals surface area (Å²) in [5, 5.41) is 0.218. The molecule has 1 aromatic heterocycles. The van der Waals surface area contributed by atoms with Gasteiger partial charge in [0.25, 0.3) is 5.91 Å². The largest absolute Gasteiger partial charge is 0.460 e. The maximum absolute atomic E-state index is 14.4. The molecule has 1 heterocycles. The van der Waals surface area contributed by atoms with Crippen LogP contribution in [0.5, 0.6) is 0 Å². The molecule has 0 saturated heterocycles. The number of carbonyl (C=O) groups excluding carboxylic acids is 2. The molecule has 7 rings (SSSR count). The van der Waals surface area contributed by atoms with Crippen molar-refractivity contribution < 1.29 is 14.3 Å². The van der Waals surface area contributed by atoms with Crippen molar-refractivity contribution in [1.29, 1.82) is 0 Å². The van der Waals surface area contributed by atoms with Gasteiger partial charge in [-0.3, -0.25) is 9.59 Å². The summed E-state index contributed by atoms with van der Waals surface area (Å²) in [6.45, 7) is 17.4. The second-order valence-corrected chi connectivity index (χ2v) is 17.8. The lowest BCUT2D eigenvalue weighted by molar-refractivity contribution is -0.184. The van der Waals surface area contributed by atoms with Gasteiger partial charge in [-0.05, 0) is 114 Å². The minimum atomic E-state index is -0.523. The maximum atomic E-state index is 14.4. The Hall–Kier alpha value is -2.66. The van der Waals surface area contributed by atoms with Gasteiger partial charge in [-0.2, -0.15) is 0 Å². The van der Waals surface area contributed by atoms with Crippen LogP contribution in [-0.2, 0) is 28.0 Å². The number of primary amides is 1. The van der Waals surface area contributed by atoms with Gasteiger partial charge in [-0.1, -0.05) is 102 Å². The molecule has 252 valence electrons. The van der Waals surface area contributed by atoms with Gasteiger partial charge < -0.3 is 10.5 Å². The van der Waals surface area contributed by atoms with E-state index in [0.29, 0.717) is 35.8 Å². The number of carbonyl (C=O) groups is 2. The van der Waals surface area contributed by atoms with E-state index in [2.05, 4.69) is 54.5 Å². The highest BCUT2D eigenvalue weighted by Gasteiger charge is 2.69. The molecule has 0 unspecified atom stereocenters. The van der Waals surface area contributed by atoms with Crippen LogP contribution in [0, 0.1) is 51.2 Å². The number of pyridine rings is 1. The number of halogens is 1. The van der Waals surface area contributed by atoms with Gasteiger partial charge in [-0.25, -0.2) is 4.98 Å². The van der Waals surface area contributed by atoms with Gasteiger partial charge in [0.15, 0.2) is 0 Å². The molecule has 1 aromatic carbocycles. The number of esters is 1. The summed E-state index contributed by atoms with van der Waals surface area (Å²) in [4.78, 5) is 31.5. The van der Waals surface area contributed by atoms with Gasteiger partial charge in [0, 0.05) is 5.41 Å². The lowest BCUT2D eigenvalue weighted by atomic mass is 9.33. The van der Waals surface area contributed by atoms with Crippen LogP contribution in [0.3, 0.4) is 0 Å². The zero-order valence-corrected chi connectivity index (χ0v) is 30.2. The fraction of sp³-hybridized carbons (Fsp3) is 0.634. The number of rotatable bonds is 4. The Balaban J connectivity index is 1.28. The number of allylic oxidation sites excluding steroid dienone is 2. The van der Waals surface area contributed by atoms with Crippen LogP contribution in [0.4, 0.5) is 0 Å². The predicted molar refractivity (Wildman–Crippen MR) is 187 cm³/mol. The Bertz CT molecular complexity index is 1650. The molecule has 2 N–H and O–H groups in total. The number of nitrogens with zero attached hydrogens (tertiary/aromatic N) is 1. The highest BCUT2D eigenvalue weighted by atomic mass is 35.5. The minimum Gasteiger partial charge on any atom is -0.460 e. The number of ether oxygens (including phenoxy) is 1. The summed E-state index contributed by atoms with van der Waals surface area (Å²) in [6.07, 6.45) is 10.6. The Morgan fingerprint density at radius 2 is 1.70 bits per heavy atom. The van der Waals surface area contributed by atoms with Crippen LogP contribution in [0.15, 0.2) is 48.0 Å². The molecular weight excluding hydrogens is 604 g/mol. The molecule has 0 aliphatic heterocycles. The fourth-order valence-corrected chi connectivity index (χ4v) is 12.7. The van der Waals surface area contributed by atoms with E-state index in [4.69, 9.17) is 27.1 Å². The molecule has 5 nitrogen and oxygen atoms in total. The van der Waals surface area contributed by atoms with Crippen molar-refractivity contribution in [2.24, 2.45) is 57.0 Å². The van der Waals surface area contributed by atoms with Crippen LogP contribution < -0.4 is 5.73 Å². The molecule has 6 heteroatoms. The first-order chi connectivity index (χ1) is 22.1. The number of fused-ring (bicyclic) bond motifs is 8. The summed E-state index contributed by atoms with van der Waals surface area (Å²) in [5.74, 6) is 1.55. The number of hydrogen-bond acceptors (Lipinski definition) is 4.